The van der Waals surface area contributed by atoms with Crippen molar-refractivity contribution in [3.05, 3.63) is 23.8 Å². The van der Waals surface area contributed by atoms with Gasteiger partial charge in [0.05, 0.1) is 13.7 Å². The summed E-state index contributed by atoms with van der Waals surface area (Å²) in [5, 5.41) is 0. The van der Waals surface area contributed by atoms with Crippen LogP contribution in [-0.2, 0) is 4.79 Å². The molecule has 1 fully saturated rings. The van der Waals surface area contributed by atoms with Crippen LogP contribution in [0.2, 0.25) is 0 Å². The second-order valence-electron chi connectivity index (χ2n) is 7.78. The first-order chi connectivity index (χ1) is 13.4. The predicted octanol–water partition coefficient (Wildman–Crippen LogP) is 3.25. The van der Waals surface area contributed by atoms with Crippen LogP contribution < -0.4 is 9.47 Å². The van der Waals surface area contributed by atoms with E-state index in [0.717, 1.165) is 38.6 Å². The molecule has 0 bridgehead atoms. The first kappa shape index (κ1) is 22.2. The molecule has 0 aromatic heterocycles. The fourth-order valence-electron chi connectivity index (χ4n) is 3.23. The molecule has 0 saturated carbocycles. The molecule has 6 heteroatoms. The minimum Gasteiger partial charge on any atom is -0.493 e. The number of carbonyl (C=O) groups excluding carboxylic acids is 2. The number of nitrogens with zero attached hydrogens (tertiary/aromatic N) is 2. The van der Waals surface area contributed by atoms with Gasteiger partial charge in [0.2, 0.25) is 5.91 Å². The molecule has 1 aromatic carbocycles. The number of ether oxygens (including phenoxy) is 2. The maximum Gasteiger partial charge on any atom is 0.222 e. The third-order valence-electron chi connectivity index (χ3n) is 5.11. The number of carbonyl (C=O) groups is 2. The molecule has 1 heterocycles. The van der Waals surface area contributed by atoms with E-state index in [1.165, 1.54) is 13.3 Å². The van der Waals surface area contributed by atoms with Gasteiger partial charge in [-0.15, -0.1) is 0 Å². The number of piperazine rings is 1. The molecule has 0 radical (unpaired) electrons. The quantitative estimate of drug-likeness (QED) is 0.453. The van der Waals surface area contributed by atoms with Crippen LogP contribution in [0.4, 0.5) is 0 Å². The summed E-state index contributed by atoms with van der Waals surface area (Å²) >= 11 is 0. The van der Waals surface area contributed by atoms with Crippen LogP contribution in [0.5, 0.6) is 11.5 Å². The molecule has 0 atom stereocenters. The van der Waals surface area contributed by atoms with Gasteiger partial charge in [-0.1, -0.05) is 13.8 Å². The van der Waals surface area contributed by atoms with Gasteiger partial charge in [-0.05, 0) is 50.4 Å². The Hall–Kier alpha value is -2.08. The highest BCUT2D eigenvalue weighted by Gasteiger charge is 2.20. The van der Waals surface area contributed by atoms with Crippen LogP contribution in [0.15, 0.2) is 18.2 Å². The Bertz CT molecular complexity index is 652. The summed E-state index contributed by atoms with van der Waals surface area (Å²) in [6.45, 7) is 11.1. The molecular weight excluding hydrogens is 356 g/mol. The van der Waals surface area contributed by atoms with Crippen molar-refractivity contribution < 1.29 is 19.1 Å². The van der Waals surface area contributed by atoms with Crippen molar-refractivity contribution in [2.45, 2.75) is 40.0 Å². The monoisotopic (exact) mass is 390 g/mol. The van der Waals surface area contributed by atoms with Gasteiger partial charge in [0.1, 0.15) is 0 Å². The van der Waals surface area contributed by atoms with Crippen molar-refractivity contribution >= 4 is 11.7 Å². The number of hydrogen-bond acceptors (Lipinski definition) is 5. The Balaban J connectivity index is 1.70. The molecule has 1 amide bonds. The zero-order chi connectivity index (χ0) is 20.5. The first-order valence-electron chi connectivity index (χ1n) is 10.2. The minimum atomic E-state index is -0.0141. The van der Waals surface area contributed by atoms with Gasteiger partial charge in [-0.25, -0.2) is 0 Å². The number of Topliss-reactive ketones (excluding diaryl/α,β-unsaturated/α-hetero) is 1. The molecule has 0 unspecified atom stereocenters. The highest BCUT2D eigenvalue weighted by molar-refractivity contribution is 5.94. The van der Waals surface area contributed by atoms with Crippen LogP contribution >= 0.6 is 0 Å². The van der Waals surface area contributed by atoms with Gasteiger partial charge < -0.3 is 14.4 Å². The van der Waals surface area contributed by atoms with Crippen molar-refractivity contribution in [3.63, 3.8) is 0 Å². The van der Waals surface area contributed by atoms with Crippen molar-refractivity contribution in [1.29, 1.82) is 0 Å². The number of ketones is 1. The number of methoxy groups -OCH3 is 1. The van der Waals surface area contributed by atoms with Crippen molar-refractivity contribution in [1.82, 2.24) is 9.80 Å². The van der Waals surface area contributed by atoms with E-state index in [1.54, 1.807) is 25.3 Å². The minimum absolute atomic E-state index is 0.0141. The fraction of sp³-hybridized carbons (Fsp3) is 0.636. The zero-order valence-electron chi connectivity index (χ0n) is 17.7. The maximum atomic E-state index is 12.4. The number of benzene rings is 1. The first-order valence-corrected chi connectivity index (χ1v) is 10.2. The Kier molecular flexibility index (Phi) is 8.77. The van der Waals surface area contributed by atoms with Gasteiger partial charge in [0, 0.05) is 38.2 Å². The van der Waals surface area contributed by atoms with Gasteiger partial charge in [0.15, 0.2) is 17.3 Å². The average Bonchev–Trinajstić information content (AvgIpc) is 2.69. The summed E-state index contributed by atoms with van der Waals surface area (Å²) in [5.41, 5.74) is 0.590. The highest BCUT2D eigenvalue weighted by atomic mass is 16.5. The van der Waals surface area contributed by atoms with Crippen LogP contribution in [0.25, 0.3) is 0 Å². The lowest BCUT2D eigenvalue weighted by Gasteiger charge is -2.35. The van der Waals surface area contributed by atoms with E-state index in [9.17, 15) is 9.59 Å². The molecule has 1 aliphatic heterocycles. The maximum absolute atomic E-state index is 12.4. The van der Waals surface area contributed by atoms with E-state index in [2.05, 4.69) is 18.7 Å². The van der Waals surface area contributed by atoms with Gasteiger partial charge >= 0.3 is 0 Å². The molecule has 28 heavy (non-hydrogen) atoms. The standard InChI is InChI=1S/C22H34N2O4/c1-17(2)9-10-23-11-13-24(14-12-23)22(26)6-5-15-28-20-8-7-19(18(3)25)16-21(20)27-4/h7-8,16-17H,5-6,9-15H2,1-4H3. The highest BCUT2D eigenvalue weighted by Crippen LogP contribution is 2.28. The average molecular weight is 391 g/mol. The van der Waals surface area contributed by atoms with Crippen LogP contribution in [0.3, 0.4) is 0 Å². The Morgan fingerprint density at radius 3 is 2.43 bits per heavy atom. The van der Waals surface area contributed by atoms with E-state index >= 15 is 0 Å². The summed E-state index contributed by atoms with van der Waals surface area (Å²) in [6, 6.07) is 5.15. The van der Waals surface area contributed by atoms with Crippen molar-refractivity contribution in [3.8, 4) is 11.5 Å². The molecule has 2 rings (SSSR count). The van der Waals surface area contributed by atoms with E-state index in [0.29, 0.717) is 36.5 Å². The number of rotatable bonds is 10. The van der Waals surface area contributed by atoms with Gasteiger partial charge in [0.25, 0.3) is 0 Å². The fourth-order valence-corrected chi connectivity index (χ4v) is 3.23. The van der Waals surface area contributed by atoms with Crippen LogP contribution in [0, 0.1) is 5.92 Å². The zero-order valence-corrected chi connectivity index (χ0v) is 17.7. The lowest BCUT2D eigenvalue weighted by Crippen LogP contribution is -2.49. The summed E-state index contributed by atoms with van der Waals surface area (Å²) < 4.78 is 11.1. The molecule has 6 nitrogen and oxygen atoms in total. The second-order valence-corrected chi connectivity index (χ2v) is 7.78. The molecule has 1 aromatic rings. The van der Waals surface area contributed by atoms with Crippen LogP contribution in [-0.4, -0.2) is 67.9 Å². The number of amides is 1. The molecule has 156 valence electrons. The van der Waals surface area contributed by atoms with E-state index in [-0.39, 0.29) is 11.7 Å². The van der Waals surface area contributed by atoms with Crippen molar-refractivity contribution in [2.75, 3.05) is 46.4 Å². The normalized spacial score (nSPS) is 15.0. The third-order valence-corrected chi connectivity index (χ3v) is 5.11. The van der Waals surface area contributed by atoms with E-state index in [4.69, 9.17) is 9.47 Å². The lowest BCUT2D eigenvalue weighted by molar-refractivity contribution is -0.133. The smallest absolute Gasteiger partial charge is 0.222 e. The SMILES string of the molecule is COc1cc(C(C)=O)ccc1OCCCC(=O)N1CCN(CCC(C)C)CC1. The third kappa shape index (κ3) is 6.82. The van der Waals surface area contributed by atoms with Gasteiger partial charge in [-0.3, -0.25) is 14.5 Å². The summed E-state index contributed by atoms with van der Waals surface area (Å²) in [7, 11) is 1.55. The van der Waals surface area contributed by atoms with E-state index in [1.807, 2.05) is 4.90 Å². The lowest BCUT2D eigenvalue weighted by atomic mass is 10.1. The molecule has 1 saturated heterocycles. The largest absolute Gasteiger partial charge is 0.493 e. The second kappa shape index (κ2) is 11.1. The Labute approximate surface area is 168 Å². The molecule has 0 aliphatic carbocycles. The molecule has 0 N–H and O–H groups in total. The van der Waals surface area contributed by atoms with Crippen molar-refractivity contribution in [2.24, 2.45) is 5.92 Å². The predicted molar refractivity (Wildman–Crippen MR) is 110 cm³/mol. The summed E-state index contributed by atoms with van der Waals surface area (Å²) in [4.78, 5) is 28.3. The molecule has 0 spiro atoms. The molecule has 1 aliphatic rings. The molecular formula is C22H34N2O4. The topological polar surface area (TPSA) is 59.1 Å². The summed E-state index contributed by atoms with van der Waals surface area (Å²) in [6.07, 6.45) is 2.35. The van der Waals surface area contributed by atoms with Gasteiger partial charge in [-0.2, -0.15) is 0 Å². The van der Waals surface area contributed by atoms with Crippen LogP contribution in [0.1, 0.15) is 50.4 Å². The van der Waals surface area contributed by atoms with E-state index < -0.39 is 0 Å². The number of hydrogen-bond donors (Lipinski definition) is 0. The Morgan fingerprint density at radius 1 is 1.11 bits per heavy atom. The summed E-state index contributed by atoms with van der Waals surface area (Å²) in [5.74, 6) is 2.04. The Morgan fingerprint density at radius 2 is 1.82 bits per heavy atom.